The third-order valence-corrected chi connectivity index (χ3v) is 1.68. The lowest BCUT2D eigenvalue weighted by Gasteiger charge is -2.21. The Kier molecular flexibility index (Phi) is 2.21. The summed E-state index contributed by atoms with van der Waals surface area (Å²) in [6.07, 6.45) is 3.88. The van der Waals surface area contributed by atoms with Crippen LogP contribution in [0.5, 0.6) is 0 Å². The van der Waals surface area contributed by atoms with Gasteiger partial charge in [-0.3, -0.25) is 5.01 Å². The minimum atomic E-state index is 1.07. The second-order valence-corrected chi connectivity index (χ2v) is 2.26. The second kappa shape index (κ2) is 2.97. The van der Waals surface area contributed by atoms with Crippen molar-refractivity contribution in [1.29, 1.82) is 0 Å². The van der Waals surface area contributed by atoms with Gasteiger partial charge < -0.3 is 0 Å². The summed E-state index contributed by atoms with van der Waals surface area (Å²) in [5.41, 5.74) is 0. The molecule has 0 unspecified atom stereocenters. The molecule has 0 saturated carbocycles. The monoisotopic (exact) mass is 130 g/mol. The number of rotatable bonds is 1. The van der Waals surface area contributed by atoms with E-state index in [9.17, 15) is 0 Å². The normalized spacial score (nSPS) is 20.8. The predicted molar refractivity (Wildman–Crippen MR) is 35.2 cm³/mol. The van der Waals surface area contributed by atoms with Gasteiger partial charge in [0.2, 0.25) is 0 Å². The van der Waals surface area contributed by atoms with Gasteiger partial charge in [-0.05, 0) is 19.3 Å². The molecule has 1 fully saturated rings. The van der Waals surface area contributed by atoms with E-state index in [4.69, 9.17) is 0 Å². The van der Waals surface area contributed by atoms with Crippen molar-refractivity contribution < 1.29 is 0 Å². The third kappa shape index (κ3) is 1.40. The molecule has 8 heavy (non-hydrogen) atoms. The Morgan fingerprint density at radius 3 is 2.12 bits per heavy atom. The van der Waals surface area contributed by atoms with E-state index in [1.807, 2.05) is 5.01 Å². The average Bonchev–Trinajstić information content (AvgIpc) is 1.90. The van der Waals surface area contributed by atoms with E-state index in [1.54, 1.807) is 0 Å². The molecule has 3 heteroatoms. The maximum Gasteiger partial charge on any atom is 0.0628 e. The summed E-state index contributed by atoms with van der Waals surface area (Å²) in [4.78, 5) is 0. The van der Waals surface area contributed by atoms with E-state index in [0.29, 0.717) is 0 Å². The quantitative estimate of drug-likeness (QED) is 0.528. The Labute approximate surface area is 55.0 Å². The molecule has 1 aliphatic heterocycles. The van der Waals surface area contributed by atoms with Crippen LogP contribution >= 0.6 is 0 Å². The van der Waals surface area contributed by atoms with Gasteiger partial charge in [-0.2, -0.15) is 0 Å². The van der Waals surface area contributed by atoms with Crippen molar-refractivity contribution in [2.75, 3.05) is 13.1 Å². The fourth-order valence-corrected chi connectivity index (χ4v) is 1.12. The predicted octanol–water partition coefficient (Wildman–Crippen LogP) is 1.12. The van der Waals surface area contributed by atoms with Crippen LogP contribution in [0.15, 0.2) is 4.47 Å². The molecule has 0 aromatic heterocycles. The summed E-state index contributed by atoms with van der Waals surface area (Å²) in [5.74, 6) is 0. The van der Waals surface area contributed by atoms with E-state index in [2.05, 4.69) is 16.9 Å². The van der Waals surface area contributed by atoms with Gasteiger partial charge in [0.1, 0.15) is 0 Å². The summed E-state index contributed by atoms with van der Waals surface area (Å²) in [5, 5.41) is 1.96. The Hall–Kier alpha value is -0.180. The number of hydrogen-bond acceptors (Lipinski definition) is 2. The maximum absolute atomic E-state index is 4.52. The molecule has 1 rings (SSSR count). The van der Waals surface area contributed by atoms with Gasteiger partial charge in [0.25, 0.3) is 0 Å². The molecular formula is C5H10N2S. The van der Waals surface area contributed by atoms with E-state index in [1.165, 1.54) is 19.3 Å². The fraction of sp³-hybridized carbons (Fsp3) is 1.00. The van der Waals surface area contributed by atoms with Crippen LogP contribution in [0, 0.1) is 0 Å². The molecule has 1 aliphatic rings. The summed E-state index contributed by atoms with van der Waals surface area (Å²) in [7, 11) is 0. The van der Waals surface area contributed by atoms with Crippen LogP contribution in [0.1, 0.15) is 19.3 Å². The van der Waals surface area contributed by atoms with Crippen LogP contribution in [-0.2, 0) is 12.4 Å². The zero-order valence-electron chi connectivity index (χ0n) is 4.84. The zero-order valence-corrected chi connectivity index (χ0v) is 5.65. The molecule has 0 aromatic carbocycles. The van der Waals surface area contributed by atoms with Gasteiger partial charge in [-0.15, -0.1) is 4.47 Å². The first-order chi connectivity index (χ1) is 3.93. The van der Waals surface area contributed by atoms with Crippen LogP contribution in [0.4, 0.5) is 0 Å². The van der Waals surface area contributed by atoms with Crippen molar-refractivity contribution in [2.24, 2.45) is 4.47 Å². The van der Waals surface area contributed by atoms with Crippen LogP contribution in [0.2, 0.25) is 0 Å². The summed E-state index contributed by atoms with van der Waals surface area (Å²) in [6.45, 7) is 2.15. The molecule has 0 atom stereocenters. The lowest BCUT2D eigenvalue weighted by Crippen LogP contribution is -2.23. The Bertz CT molecular complexity index is 78.5. The van der Waals surface area contributed by atoms with Gasteiger partial charge in [0.15, 0.2) is 0 Å². The molecule has 0 amide bonds. The highest BCUT2D eigenvalue weighted by atomic mass is 32.1. The highest BCUT2D eigenvalue weighted by Gasteiger charge is 2.05. The lowest BCUT2D eigenvalue weighted by atomic mass is 10.2. The molecule has 1 saturated heterocycles. The van der Waals surface area contributed by atoms with Crippen molar-refractivity contribution >= 4 is 12.4 Å². The highest BCUT2D eigenvalue weighted by molar-refractivity contribution is 7.47. The summed E-state index contributed by atoms with van der Waals surface area (Å²) < 4.78 is 3.66. The first-order valence-corrected chi connectivity index (χ1v) is 3.38. The van der Waals surface area contributed by atoms with Crippen molar-refractivity contribution in [3.8, 4) is 0 Å². The van der Waals surface area contributed by atoms with Gasteiger partial charge >= 0.3 is 0 Å². The first-order valence-electron chi connectivity index (χ1n) is 3.02. The van der Waals surface area contributed by atoms with E-state index < -0.39 is 0 Å². The van der Waals surface area contributed by atoms with E-state index >= 15 is 0 Å². The smallest absolute Gasteiger partial charge is 0.0628 e. The summed E-state index contributed by atoms with van der Waals surface area (Å²) >= 11 is 4.52. The molecular weight excluding hydrogens is 120 g/mol. The van der Waals surface area contributed by atoms with Crippen LogP contribution in [0.3, 0.4) is 0 Å². The molecule has 2 nitrogen and oxygen atoms in total. The highest BCUT2D eigenvalue weighted by Crippen LogP contribution is 2.07. The molecule has 0 aromatic rings. The van der Waals surface area contributed by atoms with Crippen molar-refractivity contribution in [3.05, 3.63) is 0 Å². The van der Waals surface area contributed by atoms with Crippen molar-refractivity contribution in [1.82, 2.24) is 5.01 Å². The summed E-state index contributed by atoms with van der Waals surface area (Å²) in [6, 6.07) is 0. The largest absolute Gasteiger partial charge is 0.286 e. The fourth-order valence-electron chi connectivity index (χ4n) is 0.959. The molecule has 46 valence electrons. The molecule has 0 N–H and O–H groups in total. The van der Waals surface area contributed by atoms with Crippen LogP contribution in [0.25, 0.3) is 0 Å². The van der Waals surface area contributed by atoms with Gasteiger partial charge in [0, 0.05) is 13.1 Å². The van der Waals surface area contributed by atoms with E-state index in [0.717, 1.165) is 13.1 Å². The molecule has 0 spiro atoms. The van der Waals surface area contributed by atoms with Crippen molar-refractivity contribution in [3.63, 3.8) is 0 Å². The zero-order chi connectivity index (χ0) is 5.82. The average molecular weight is 130 g/mol. The SMILES string of the molecule is S=NN1CCCCC1. The molecule has 1 heterocycles. The maximum atomic E-state index is 4.52. The molecule has 0 radical (unpaired) electrons. The molecule has 0 aliphatic carbocycles. The Morgan fingerprint density at radius 2 is 1.75 bits per heavy atom. The van der Waals surface area contributed by atoms with Crippen LogP contribution in [-0.4, -0.2) is 18.1 Å². The Balaban J connectivity index is 2.22. The topological polar surface area (TPSA) is 15.6 Å². The number of nitrogens with zero attached hydrogens (tertiary/aromatic N) is 2. The number of hydrogen-bond donors (Lipinski definition) is 0. The molecule has 0 bridgehead atoms. The Morgan fingerprint density at radius 1 is 1.12 bits per heavy atom. The second-order valence-electron chi connectivity index (χ2n) is 2.10. The number of piperidine rings is 1. The minimum Gasteiger partial charge on any atom is -0.286 e. The lowest BCUT2D eigenvalue weighted by molar-refractivity contribution is 0.245. The van der Waals surface area contributed by atoms with Crippen LogP contribution < -0.4 is 0 Å². The van der Waals surface area contributed by atoms with E-state index in [-0.39, 0.29) is 0 Å². The van der Waals surface area contributed by atoms with Gasteiger partial charge in [0.05, 0.1) is 12.4 Å². The van der Waals surface area contributed by atoms with Gasteiger partial charge in [-0.25, -0.2) is 0 Å². The van der Waals surface area contributed by atoms with Gasteiger partial charge in [-0.1, -0.05) is 0 Å². The third-order valence-electron chi connectivity index (χ3n) is 1.45. The standard InChI is InChI=1S/C5H10N2S/c8-6-7-4-2-1-3-5-7/h1-5H2. The van der Waals surface area contributed by atoms with Crippen molar-refractivity contribution in [2.45, 2.75) is 19.3 Å². The minimum absolute atomic E-state index is 1.07. The first kappa shape index (κ1) is 5.95.